The molecule has 0 aromatic heterocycles. The van der Waals surface area contributed by atoms with Gasteiger partial charge in [0.15, 0.2) is 0 Å². The summed E-state index contributed by atoms with van der Waals surface area (Å²) in [6.45, 7) is 8.34. The fraction of sp³-hybridized carbons (Fsp3) is 0.538. The minimum atomic E-state index is 0.900. The van der Waals surface area contributed by atoms with Crippen LogP contribution in [-0.2, 0) is 0 Å². The first-order valence-corrected chi connectivity index (χ1v) is 4.85. The van der Waals surface area contributed by atoms with Crippen molar-refractivity contribution < 1.29 is 0 Å². The molecule has 0 heterocycles. The third kappa shape index (κ3) is 8.95. The highest BCUT2D eigenvalue weighted by atomic mass is 13.9. The monoisotopic (exact) mass is 176 g/mol. The van der Waals surface area contributed by atoms with Gasteiger partial charge in [0.05, 0.1) is 0 Å². The zero-order valence-corrected chi connectivity index (χ0v) is 9.28. The lowest BCUT2D eigenvalue weighted by atomic mass is 10.1. The lowest BCUT2D eigenvalue weighted by molar-refractivity contribution is 0.959. The van der Waals surface area contributed by atoms with E-state index in [2.05, 4.69) is 44.8 Å². The second-order valence-corrected chi connectivity index (χ2v) is 3.50. The van der Waals surface area contributed by atoms with E-state index >= 15 is 0 Å². The number of hydrogen-bond acceptors (Lipinski definition) is 0. The third-order valence-electron chi connectivity index (χ3n) is 1.82. The van der Waals surface area contributed by atoms with Crippen molar-refractivity contribution in [1.82, 2.24) is 0 Å². The van der Waals surface area contributed by atoms with Gasteiger partial charge in [0.2, 0.25) is 0 Å². The van der Waals surface area contributed by atoms with Crippen molar-refractivity contribution in [3.8, 4) is 11.8 Å². The van der Waals surface area contributed by atoms with Crippen LogP contribution in [0.4, 0.5) is 0 Å². The van der Waals surface area contributed by atoms with Crippen molar-refractivity contribution in [1.29, 1.82) is 0 Å². The summed E-state index contributed by atoms with van der Waals surface area (Å²) in [5.41, 5.74) is 2.85. The van der Waals surface area contributed by atoms with Crippen molar-refractivity contribution in [3.63, 3.8) is 0 Å². The van der Waals surface area contributed by atoms with Gasteiger partial charge in [-0.15, -0.1) is 5.92 Å². The first kappa shape index (κ1) is 12.0. The van der Waals surface area contributed by atoms with E-state index in [9.17, 15) is 0 Å². The van der Waals surface area contributed by atoms with Crippen molar-refractivity contribution in [3.05, 3.63) is 23.3 Å². The Balaban J connectivity index is 3.71. The molecule has 0 rings (SSSR count). The van der Waals surface area contributed by atoms with Gasteiger partial charge in [0.1, 0.15) is 0 Å². The standard InChI is InChI=1S/C13H20/c1-5-6-7-10-13(4)11-8-9-12(2)3/h9-10H,7-8,11H2,1-4H3. The number of rotatable bonds is 4. The third-order valence-corrected chi connectivity index (χ3v) is 1.82. The van der Waals surface area contributed by atoms with Crippen LogP contribution in [-0.4, -0.2) is 0 Å². The summed E-state index contributed by atoms with van der Waals surface area (Å²) in [6.07, 6.45) is 7.72. The maximum absolute atomic E-state index is 3.04. The van der Waals surface area contributed by atoms with E-state index < -0.39 is 0 Å². The predicted octanol–water partition coefficient (Wildman–Crippen LogP) is 4.09. The van der Waals surface area contributed by atoms with Gasteiger partial charge < -0.3 is 0 Å². The zero-order valence-electron chi connectivity index (χ0n) is 9.28. The van der Waals surface area contributed by atoms with Crippen molar-refractivity contribution in [2.75, 3.05) is 0 Å². The van der Waals surface area contributed by atoms with Crippen LogP contribution < -0.4 is 0 Å². The number of hydrogen-bond donors (Lipinski definition) is 0. The summed E-state index contributed by atoms with van der Waals surface area (Å²) in [5.74, 6) is 5.93. The van der Waals surface area contributed by atoms with E-state index in [0.29, 0.717) is 0 Å². The molecule has 0 aromatic rings. The molecule has 0 aliphatic rings. The summed E-state index contributed by atoms with van der Waals surface area (Å²) in [7, 11) is 0. The van der Waals surface area contributed by atoms with Gasteiger partial charge in [-0.1, -0.05) is 29.2 Å². The maximum atomic E-state index is 3.04. The number of allylic oxidation sites excluding steroid dienone is 4. The van der Waals surface area contributed by atoms with Crippen LogP contribution in [0.15, 0.2) is 23.3 Å². The van der Waals surface area contributed by atoms with Crippen LogP contribution in [0.2, 0.25) is 0 Å². The van der Waals surface area contributed by atoms with Crippen LogP contribution in [0.1, 0.15) is 47.0 Å². The van der Waals surface area contributed by atoms with Crippen molar-refractivity contribution in [2.45, 2.75) is 47.0 Å². The largest absolute Gasteiger partial charge is 0.106 e. The molecule has 0 aromatic carbocycles. The molecule has 13 heavy (non-hydrogen) atoms. The summed E-state index contributed by atoms with van der Waals surface area (Å²) < 4.78 is 0. The fourth-order valence-electron chi connectivity index (χ4n) is 1.02. The second kappa shape index (κ2) is 7.68. The molecule has 72 valence electrons. The summed E-state index contributed by atoms with van der Waals surface area (Å²) in [4.78, 5) is 0. The average Bonchev–Trinajstić information content (AvgIpc) is 2.04. The fourth-order valence-corrected chi connectivity index (χ4v) is 1.02. The molecule has 0 saturated carbocycles. The molecule has 0 spiro atoms. The topological polar surface area (TPSA) is 0 Å². The molecule has 0 N–H and O–H groups in total. The molecule has 0 unspecified atom stereocenters. The van der Waals surface area contributed by atoms with E-state index in [1.807, 2.05) is 6.92 Å². The maximum Gasteiger partial charge on any atom is 0.0272 e. The normalized spacial score (nSPS) is 10.3. The molecule has 0 fully saturated rings. The molecule has 0 aliphatic carbocycles. The first-order chi connectivity index (χ1) is 6.16. The minimum absolute atomic E-state index is 0.900. The van der Waals surface area contributed by atoms with Gasteiger partial charge in [-0.05, 0) is 40.5 Å². The lowest BCUT2D eigenvalue weighted by Crippen LogP contribution is -1.76. The average molecular weight is 176 g/mol. The lowest BCUT2D eigenvalue weighted by Gasteiger charge is -1.96. The van der Waals surface area contributed by atoms with Crippen LogP contribution >= 0.6 is 0 Å². The zero-order chi connectivity index (χ0) is 10.1. The molecule has 0 radical (unpaired) electrons. The Morgan fingerprint density at radius 1 is 1.15 bits per heavy atom. The summed E-state index contributed by atoms with van der Waals surface area (Å²) in [6, 6.07) is 0. The van der Waals surface area contributed by atoms with E-state index in [-0.39, 0.29) is 0 Å². The van der Waals surface area contributed by atoms with Crippen LogP contribution in [0.3, 0.4) is 0 Å². The van der Waals surface area contributed by atoms with Gasteiger partial charge in [-0.25, -0.2) is 0 Å². The van der Waals surface area contributed by atoms with Crippen LogP contribution in [0.5, 0.6) is 0 Å². The Bertz CT molecular complexity index is 239. The summed E-state index contributed by atoms with van der Waals surface area (Å²) >= 11 is 0. The first-order valence-electron chi connectivity index (χ1n) is 4.85. The van der Waals surface area contributed by atoms with E-state index in [0.717, 1.165) is 19.3 Å². The Morgan fingerprint density at radius 2 is 1.85 bits per heavy atom. The highest BCUT2D eigenvalue weighted by Gasteiger charge is 1.87. The predicted molar refractivity (Wildman–Crippen MR) is 60.5 cm³/mol. The molecule has 0 atom stereocenters. The van der Waals surface area contributed by atoms with E-state index in [1.165, 1.54) is 11.1 Å². The molecular formula is C13H20. The SMILES string of the molecule is CC#CCC=C(C)CCC=C(C)C. The molecular weight excluding hydrogens is 156 g/mol. The Kier molecular flexibility index (Phi) is 7.11. The quantitative estimate of drug-likeness (QED) is 0.447. The van der Waals surface area contributed by atoms with Gasteiger partial charge in [0, 0.05) is 6.42 Å². The minimum Gasteiger partial charge on any atom is -0.106 e. The Labute approximate surface area is 82.7 Å². The van der Waals surface area contributed by atoms with Crippen molar-refractivity contribution in [2.24, 2.45) is 0 Å². The van der Waals surface area contributed by atoms with Gasteiger partial charge in [-0.2, -0.15) is 0 Å². The van der Waals surface area contributed by atoms with E-state index in [1.54, 1.807) is 0 Å². The molecule has 0 aliphatic heterocycles. The van der Waals surface area contributed by atoms with Crippen LogP contribution in [0.25, 0.3) is 0 Å². The summed E-state index contributed by atoms with van der Waals surface area (Å²) in [5, 5.41) is 0. The van der Waals surface area contributed by atoms with Gasteiger partial charge in [-0.3, -0.25) is 0 Å². The van der Waals surface area contributed by atoms with Gasteiger partial charge >= 0.3 is 0 Å². The molecule has 0 saturated heterocycles. The smallest absolute Gasteiger partial charge is 0.0272 e. The second-order valence-electron chi connectivity index (χ2n) is 3.50. The molecule has 0 heteroatoms. The molecule has 0 nitrogen and oxygen atoms in total. The van der Waals surface area contributed by atoms with Crippen LogP contribution in [0, 0.1) is 11.8 Å². The molecule has 0 bridgehead atoms. The molecule has 0 amide bonds. The highest BCUT2D eigenvalue weighted by molar-refractivity contribution is 5.08. The van der Waals surface area contributed by atoms with Crippen molar-refractivity contribution >= 4 is 0 Å². The highest BCUT2D eigenvalue weighted by Crippen LogP contribution is 2.06. The van der Waals surface area contributed by atoms with E-state index in [4.69, 9.17) is 0 Å². The van der Waals surface area contributed by atoms with Gasteiger partial charge in [0.25, 0.3) is 0 Å². The Hall–Kier alpha value is -0.960. The Morgan fingerprint density at radius 3 is 2.38 bits per heavy atom.